The number of carbonyl (C=O) groups is 9. The number of rotatable bonds is 35. The maximum atomic E-state index is 13.7. The minimum atomic E-state index is -1.12. The van der Waals surface area contributed by atoms with Crippen molar-refractivity contribution in [1.82, 2.24) is 48.0 Å². The van der Waals surface area contributed by atoms with Gasteiger partial charge in [-0.1, -0.05) is 36.8 Å². The number of carbonyl (C=O) groups excluding carboxylic acids is 9. The lowest BCUT2D eigenvalue weighted by Crippen LogP contribution is -2.55. The highest BCUT2D eigenvalue weighted by atomic mass is 32.2. The normalized spacial score (nSPS) is 17.8. The van der Waals surface area contributed by atoms with Crippen LogP contribution in [0.4, 0.5) is 4.79 Å². The summed E-state index contributed by atoms with van der Waals surface area (Å²) in [5, 5.41) is 31.1. The zero-order valence-corrected chi connectivity index (χ0v) is 39.8. The van der Waals surface area contributed by atoms with Crippen LogP contribution in [0.1, 0.15) is 108 Å². The summed E-state index contributed by atoms with van der Waals surface area (Å²) in [5.41, 5.74) is 19.5. The SMILES string of the molecule is NCCCC[C@H](NC(=O)C(CCCc1ccccc1)CC(=O)NO)C(=O)N[C@@H](CCCCN)C(=O)NCC(=O)NCC(=O)N[C@@H](CCCCNC(=O)CCCC[C@@H]1SC[C@@H]2NC(=O)N[C@@H]21)C(N)=O. The minimum absolute atomic E-state index is 0.0798. The van der Waals surface area contributed by atoms with E-state index in [0.717, 1.165) is 30.6 Å². The lowest BCUT2D eigenvalue weighted by atomic mass is 9.94. The molecule has 0 aliphatic carbocycles. The van der Waals surface area contributed by atoms with Gasteiger partial charge in [0, 0.05) is 36.3 Å². The number of hydrogen-bond donors (Lipinski definition) is 13. The minimum Gasteiger partial charge on any atom is -0.368 e. The molecule has 68 heavy (non-hydrogen) atoms. The van der Waals surface area contributed by atoms with Gasteiger partial charge in [-0.2, -0.15) is 11.8 Å². The van der Waals surface area contributed by atoms with Crippen LogP contribution in [-0.4, -0.2) is 132 Å². The molecule has 7 atom stereocenters. The molecule has 3 rings (SSSR count). The fourth-order valence-corrected chi connectivity index (χ4v) is 9.55. The number of benzene rings is 1. The Bertz CT molecular complexity index is 1800. The highest BCUT2D eigenvalue weighted by Gasteiger charge is 2.42. The molecule has 1 aromatic carbocycles. The molecule has 22 nitrogen and oxygen atoms in total. The second-order valence-corrected chi connectivity index (χ2v) is 18.5. The van der Waals surface area contributed by atoms with Crippen molar-refractivity contribution in [1.29, 1.82) is 0 Å². The third-order valence-electron chi connectivity index (χ3n) is 11.8. The van der Waals surface area contributed by atoms with E-state index in [-0.39, 0.29) is 49.7 Å². The van der Waals surface area contributed by atoms with Gasteiger partial charge >= 0.3 is 6.03 Å². The summed E-state index contributed by atoms with van der Waals surface area (Å²) in [6.07, 6.45) is 7.61. The van der Waals surface area contributed by atoms with Crippen molar-refractivity contribution in [2.75, 3.05) is 38.5 Å². The molecule has 10 amide bonds. The second kappa shape index (κ2) is 32.3. The highest BCUT2D eigenvalue weighted by molar-refractivity contribution is 8.00. The largest absolute Gasteiger partial charge is 0.368 e. The quantitative estimate of drug-likeness (QED) is 0.0168. The average Bonchev–Trinajstić information content (AvgIpc) is 3.88. The van der Waals surface area contributed by atoms with Crippen LogP contribution in [0.2, 0.25) is 0 Å². The van der Waals surface area contributed by atoms with Gasteiger partial charge in [0.15, 0.2) is 0 Å². The molecule has 1 unspecified atom stereocenters. The van der Waals surface area contributed by atoms with Crippen LogP contribution < -0.4 is 65.2 Å². The van der Waals surface area contributed by atoms with E-state index < -0.39 is 78.5 Å². The molecule has 2 saturated heterocycles. The molecule has 0 spiro atoms. The molecular weight excluding hydrogens is 901 g/mol. The summed E-state index contributed by atoms with van der Waals surface area (Å²) in [5.74, 6) is -4.93. The summed E-state index contributed by atoms with van der Waals surface area (Å²) in [6, 6.07) is 6.53. The van der Waals surface area contributed by atoms with Gasteiger partial charge in [0.25, 0.3) is 0 Å². The van der Waals surface area contributed by atoms with Gasteiger partial charge in [-0.05, 0) is 109 Å². The predicted molar refractivity (Wildman–Crippen MR) is 255 cm³/mol. The monoisotopic (exact) mass is 975 g/mol. The Labute approximate surface area is 402 Å². The lowest BCUT2D eigenvalue weighted by molar-refractivity contribution is -0.137. The second-order valence-electron chi connectivity index (χ2n) is 17.2. The van der Waals surface area contributed by atoms with E-state index >= 15 is 0 Å². The van der Waals surface area contributed by atoms with Gasteiger partial charge in [0.1, 0.15) is 18.1 Å². The van der Waals surface area contributed by atoms with Gasteiger partial charge in [0.05, 0.1) is 25.2 Å². The van der Waals surface area contributed by atoms with E-state index in [9.17, 15) is 48.4 Å². The molecule has 0 bridgehead atoms. The number of fused-ring (bicyclic) bond motifs is 1. The number of nitrogens with one attached hydrogen (secondary N) is 9. The topological polar surface area (TPSA) is 360 Å². The van der Waals surface area contributed by atoms with Gasteiger partial charge in [0.2, 0.25) is 47.3 Å². The molecule has 1 aromatic rings. The van der Waals surface area contributed by atoms with E-state index in [4.69, 9.17) is 17.2 Å². The van der Waals surface area contributed by atoms with Crippen LogP contribution in [0.15, 0.2) is 30.3 Å². The Kier molecular flexibility index (Phi) is 27.0. The van der Waals surface area contributed by atoms with Gasteiger partial charge < -0.3 is 59.7 Å². The average molecular weight is 975 g/mol. The van der Waals surface area contributed by atoms with Crippen molar-refractivity contribution >= 4 is 65.1 Å². The zero-order valence-electron chi connectivity index (χ0n) is 39.0. The van der Waals surface area contributed by atoms with E-state index in [1.807, 2.05) is 42.1 Å². The molecule has 2 aliphatic heterocycles. The van der Waals surface area contributed by atoms with E-state index in [2.05, 4.69) is 42.5 Å². The molecule has 2 fully saturated rings. The maximum absolute atomic E-state index is 13.7. The van der Waals surface area contributed by atoms with Crippen molar-refractivity contribution in [2.24, 2.45) is 23.1 Å². The molecule has 0 radical (unpaired) electrons. The van der Waals surface area contributed by atoms with Crippen molar-refractivity contribution < 1.29 is 48.4 Å². The molecule has 2 aliphatic rings. The van der Waals surface area contributed by atoms with E-state index in [1.165, 1.54) is 0 Å². The fraction of sp³-hybridized carbons (Fsp3) is 0.667. The molecular formula is C45H74N12O10S. The summed E-state index contributed by atoms with van der Waals surface area (Å²) in [7, 11) is 0. The number of aryl methyl sites for hydroxylation is 1. The van der Waals surface area contributed by atoms with E-state index in [1.54, 1.807) is 5.48 Å². The van der Waals surface area contributed by atoms with Crippen LogP contribution in [0, 0.1) is 5.92 Å². The van der Waals surface area contributed by atoms with Crippen LogP contribution >= 0.6 is 11.8 Å². The number of urea groups is 1. The van der Waals surface area contributed by atoms with Crippen molar-refractivity contribution in [3.63, 3.8) is 0 Å². The van der Waals surface area contributed by atoms with E-state index in [0.29, 0.717) is 89.1 Å². The van der Waals surface area contributed by atoms with Crippen LogP contribution in [0.25, 0.3) is 0 Å². The van der Waals surface area contributed by atoms with Crippen molar-refractivity contribution in [3.8, 4) is 0 Å². The highest BCUT2D eigenvalue weighted by Crippen LogP contribution is 2.33. The molecule has 16 N–H and O–H groups in total. The smallest absolute Gasteiger partial charge is 0.315 e. The summed E-state index contributed by atoms with van der Waals surface area (Å²) in [4.78, 5) is 114. The van der Waals surface area contributed by atoms with Gasteiger partial charge in [-0.25, -0.2) is 10.3 Å². The third-order valence-corrected chi connectivity index (χ3v) is 13.3. The first-order valence-corrected chi connectivity index (χ1v) is 24.9. The number of thioether (sulfide) groups is 1. The van der Waals surface area contributed by atoms with Crippen LogP contribution in [0.3, 0.4) is 0 Å². The first-order chi connectivity index (χ1) is 32.7. The summed E-state index contributed by atoms with van der Waals surface area (Å²) >= 11 is 1.84. The summed E-state index contributed by atoms with van der Waals surface area (Å²) in [6.45, 7) is -0.0132. The molecule has 2 heterocycles. The first-order valence-electron chi connectivity index (χ1n) is 23.8. The van der Waals surface area contributed by atoms with Crippen LogP contribution in [-0.2, 0) is 44.8 Å². The zero-order chi connectivity index (χ0) is 49.7. The standard InChI is InChI=1S/C45H74N12O10S/c46-22-9-6-18-32(54-44(65)33(19-7-10-23-47)53-42(63)30(25-37(59)57-67)16-12-15-29-13-2-1-3-14-29)43(64)51-26-38(60)50-27-39(61)52-31(41(48)62)17-8-11-24-49-36(58)21-5-4-20-35-40-34(28-68-35)55-45(66)56-40/h1-3,13-14,30-35,40,67H,4-12,15-28,46-47H2,(H2,48,62)(H,49,58)(H,50,60)(H,51,64)(H,52,61)(H,53,63)(H,54,65)(H,57,59)(H2,55,56,66)/t30?,31-,32-,33-,34-,35-,40-/m0/s1. The fourth-order valence-electron chi connectivity index (χ4n) is 8.00. The molecule has 0 saturated carbocycles. The Morgan fingerprint density at radius 1 is 0.662 bits per heavy atom. The number of primary amides is 1. The van der Waals surface area contributed by atoms with Crippen LogP contribution in [0.5, 0.6) is 0 Å². The Hall–Kier alpha value is -5.52. The number of unbranched alkanes of at least 4 members (excludes halogenated alkanes) is 4. The van der Waals surface area contributed by atoms with Crippen molar-refractivity contribution in [2.45, 2.75) is 145 Å². The number of amides is 10. The number of nitrogens with two attached hydrogens (primary N) is 3. The third kappa shape index (κ3) is 22.1. The van der Waals surface area contributed by atoms with Crippen molar-refractivity contribution in [3.05, 3.63) is 35.9 Å². The molecule has 23 heteroatoms. The Morgan fingerprint density at radius 2 is 1.31 bits per heavy atom. The van der Waals surface area contributed by atoms with Gasteiger partial charge in [-0.15, -0.1) is 0 Å². The predicted octanol–water partition coefficient (Wildman–Crippen LogP) is -1.04. The lowest BCUT2D eigenvalue weighted by Gasteiger charge is -2.25. The Balaban J connectivity index is 1.42. The van der Waals surface area contributed by atoms with Gasteiger partial charge in [-0.3, -0.25) is 43.6 Å². The maximum Gasteiger partial charge on any atom is 0.315 e. The molecule has 380 valence electrons. The number of hydrogen-bond acceptors (Lipinski definition) is 13. The molecule has 0 aromatic heterocycles. The Morgan fingerprint density at radius 3 is 1.99 bits per heavy atom. The number of hydroxylamine groups is 1. The first kappa shape index (κ1) is 56.8. The summed E-state index contributed by atoms with van der Waals surface area (Å²) < 4.78 is 0.